The molecule has 3 nitrogen and oxygen atoms in total. The lowest BCUT2D eigenvalue weighted by Gasteiger charge is -2.35. The number of ether oxygens (including phenoxy) is 1. The lowest BCUT2D eigenvalue weighted by atomic mass is 9.89. The van der Waals surface area contributed by atoms with Gasteiger partial charge in [0, 0.05) is 13.1 Å². The third-order valence-electron chi connectivity index (χ3n) is 4.30. The highest BCUT2D eigenvalue weighted by Crippen LogP contribution is 2.22. The lowest BCUT2D eigenvalue weighted by molar-refractivity contribution is 0.130. The Morgan fingerprint density at radius 2 is 2.10 bits per heavy atom. The molecule has 0 spiro atoms. The van der Waals surface area contributed by atoms with Crippen LogP contribution in [-0.2, 0) is 0 Å². The summed E-state index contributed by atoms with van der Waals surface area (Å²) >= 11 is 0. The normalized spacial score (nSPS) is 23.2. The van der Waals surface area contributed by atoms with E-state index in [1.54, 1.807) is 6.07 Å². The third-order valence-corrected chi connectivity index (χ3v) is 4.30. The van der Waals surface area contributed by atoms with E-state index in [1.807, 2.05) is 18.2 Å². The molecule has 0 aliphatic carbocycles. The molecule has 1 aliphatic heterocycles. The molecule has 108 valence electrons. The van der Waals surface area contributed by atoms with Gasteiger partial charge in [0.1, 0.15) is 11.8 Å². The van der Waals surface area contributed by atoms with Crippen LogP contribution in [0.15, 0.2) is 24.3 Å². The van der Waals surface area contributed by atoms with Crippen molar-refractivity contribution in [2.75, 3.05) is 26.2 Å². The minimum absolute atomic E-state index is 0.618. The fraction of sp³-hybridized carbons (Fsp3) is 0.588. The Hall–Kier alpha value is -1.53. The van der Waals surface area contributed by atoms with Crippen molar-refractivity contribution in [3.63, 3.8) is 0 Å². The molecule has 3 heteroatoms. The fourth-order valence-corrected chi connectivity index (χ4v) is 2.71. The predicted molar refractivity (Wildman–Crippen MR) is 80.7 cm³/mol. The van der Waals surface area contributed by atoms with Gasteiger partial charge in [-0.15, -0.1) is 0 Å². The zero-order valence-electron chi connectivity index (χ0n) is 12.5. The average Bonchev–Trinajstić information content (AvgIpc) is 2.47. The van der Waals surface area contributed by atoms with Crippen molar-refractivity contribution in [2.45, 2.75) is 26.7 Å². The predicted octanol–water partition coefficient (Wildman–Crippen LogP) is 3.31. The summed E-state index contributed by atoms with van der Waals surface area (Å²) in [4.78, 5) is 2.53. The average molecular weight is 272 g/mol. The summed E-state index contributed by atoms with van der Waals surface area (Å²) in [7, 11) is 0. The molecule has 0 saturated carbocycles. The molecule has 1 saturated heterocycles. The molecule has 0 bridgehead atoms. The monoisotopic (exact) mass is 272 g/mol. The van der Waals surface area contributed by atoms with Gasteiger partial charge in [-0.25, -0.2) is 0 Å². The molecule has 0 aromatic heterocycles. The second-order valence-electron chi connectivity index (χ2n) is 5.85. The van der Waals surface area contributed by atoms with Crippen LogP contribution in [0.25, 0.3) is 0 Å². The number of rotatable bonds is 5. The molecular weight excluding hydrogens is 248 g/mol. The summed E-state index contributed by atoms with van der Waals surface area (Å²) in [5, 5.41) is 8.99. The molecule has 1 aromatic rings. The third kappa shape index (κ3) is 3.98. The van der Waals surface area contributed by atoms with Crippen LogP contribution in [-0.4, -0.2) is 31.1 Å². The van der Waals surface area contributed by atoms with Crippen LogP contribution < -0.4 is 4.74 Å². The summed E-state index contributed by atoms with van der Waals surface area (Å²) in [6.07, 6.45) is 2.32. The Morgan fingerprint density at radius 3 is 2.85 bits per heavy atom. The highest BCUT2D eigenvalue weighted by atomic mass is 16.5. The Bertz CT molecular complexity index is 466. The Labute approximate surface area is 122 Å². The zero-order valence-corrected chi connectivity index (χ0v) is 12.5. The number of nitrogens with zero attached hydrogens (tertiary/aromatic N) is 2. The van der Waals surface area contributed by atoms with E-state index in [0.29, 0.717) is 17.9 Å². The number of likely N-dealkylation sites (tertiary alicyclic amines) is 1. The van der Waals surface area contributed by atoms with Gasteiger partial charge in [0.15, 0.2) is 0 Å². The van der Waals surface area contributed by atoms with Gasteiger partial charge < -0.3 is 9.64 Å². The van der Waals surface area contributed by atoms with Gasteiger partial charge in [0.05, 0.1) is 12.2 Å². The summed E-state index contributed by atoms with van der Waals surface area (Å²) in [6.45, 7) is 8.88. The number of piperidine rings is 1. The van der Waals surface area contributed by atoms with E-state index in [-0.39, 0.29) is 0 Å². The van der Waals surface area contributed by atoms with E-state index in [4.69, 9.17) is 10.00 Å². The number of hydrogen-bond acceptors (Lipinski definition) is 3. The largest absolute Gasteiger partial charge is 0.492 e. The van der Waals surface area contributed by atoms with E-state index in [0.717, 1.165) is 24.8 Å². The zero-order chi connectivity index (χ0) is 14.4. The second-order valence-corrected chi connectivity index (χ2v) is 5.85. The van der Waals surface area contributed by atoms with Crippen molar-refractivity contribution < 1.29 is 4.74 Å². The van der Waals surface area contributed by atoms with Crippen LogP contribution in [0.3, 0.4) is 0 Å². The Morgan fingerprint density at radius 1 is 1.30 bits per heavy atom. The van der Waals surface area contributed by atoms with Gasteiger partial charge in [-0.3, -0.25) is 0 Å². The Balaban J connectivity index is 1.71. The molecular formula is C17H24N2O. The standard InChI is InChI=1S/C17H24N2O/c1-14-8-10-19(13-15(14)2)9-5-11-20-17-7-4-3-6-16(17)12-18/h3-4,6-7,14-15H,5,8-11,13H2,1-2H3/t14-,15+/m1/s1. The fourth-order valence-electron chi connectivity index (χ4n) is 2.71. The SMILES string of the molecule is C[C@@H]1CCN(CCCOc2ccccc2C#N)C[C@@H]1C. The minimum Gasteiger partial charge on any atom is -0.492 e. The molecule has 1 aliphatic rings. The summed E-state index contributed by atoms with van der Waals surface area (Å²) in [5.74, 6) is 2.35. The molecule has 1 fully saturated rings. The van der Waals surface area contributed by atoms with E-state index in [2.05, 4.69) is 24.8 Å². The minimum atomic E-state index is 0.618. The maximum Gasteiger partial charge on any atom is 0.137 e. The van der Waals surface area contributed by atoms with Gasteiger partial charge in [0.2, 0.25) is 0 Å². The first-order valence-electron chi connectivity index (χ1n) is 7.55. The first-order chi connectivity index (χ1) is 9.70. The smallest absolute Gasteiger partial charge is 0.137 e. The number of hydrogen-bond donors (Lipinski definition) is 0. The van der Waals surface area contributed by atoms with E-state index < -0.39 is 0 Å². The molecule has 0 unspecified atom stereocenters. The maximum atomic E-state index is 8.99. The topological polar surface area (TPSA) is 36.3 Å². The van der Waals surface area contributed by atoms with Gasteiger partial charge in [-0.1, -0.05) is 26.0 Å². The van der Waals surface area contributed by atoms with Crippen LogP contribution >= 0.6 is 0 Å². The molecule has 1 heterocycles. The molecule has 0 N–H and O–H groups in total. The molecule has 0 radical (unpaired) electrons. The molecule has 2 rings (SSSR count). The van der Waals surface area contributed by atoms with Gasteiger partial charge >= 0.3 is 0 Å². The highest BCUT2D eigenvalue weighted by molar-refractivity contribution is 5.42. The van der Waals surface area contributed by atoms with Crippen molar-refractivity contribution in [3.8, 4) is 11.8 Å². The van der Waals surface area contributed by atoms with Crippen LogP contribution in [0.2, 0.25) is 0 Å². The molecule has 2 atom stereocenters. The van der Waals surface area contributed by atoms with Crippen molar-refractivity contribution in [1.82, 2.24) is 4.90 Å². The van der Waals surface area contributed by atoms with Crippen LogP contribution in [0.1, 0.15) is 32.3 Å². The van der Waals surface area contributed by atoms with Crippen LogP contribution in [0.5, 0.6) is 5.75 Å². The van der Waals surface area contributed by atoms with E-state index in [9.17, 15) is 0 Å². The first-order valence-corrected chi connectivity index (χ1v) is 7.55. The number of benzene rings is 1. The summed E-state index contributed by atoms with van der Waals surface area (Å²) in [6, 6.07) is 9.59. The number of para-hydroxylation sites is 1. The van der Waals surface area contributed by atoms with E-state index >= 15 is 0 Å². The van der Waals surface area contributed by atoms with Crippen molar-refractivity contribution >= 4 is 0 Å². The van der Waals surface area contributed by atoms with Gasteiger partial charge in [-0.05, 0) is 43.4 Å². The summed E-state index contributed by atoms with van der Waals surface area (Å²) < 4.78 is 5.72. The molecule has 0 amide bonds. The van der Waals surface area contributed by atoms with Crippen molar-refractivity contribution in [1.29, 1.82) is 5.26 Å². The van der Waals surface area contributed by atoms with Gasteiger partial charge in [-0.2, -0.15) is 5.26 Å². The van der Waals surface area contributed by atoms with E-state index in [1.165, 1.54) is 19.5 Å². The van der Waals surface area contributed by atoms with Crippen LogP contribution in [0.4, 0.5) is 0 Å². The lowest BCUT2D eigenvalue weighted by Crippen LogP contribution is -2.39. The number of nitriles is 1. The van der Waals surface area contributed by atoms with Crippen LogP contribution in [0, 0.1) is 23.2 Å². The van der Waals surface area contributed by atoms with Crippen molar-refractivity contribution in [2.24, 2.45) is 11.8 Å². The molecule has 1 aromatic carbocycles. The summed E-state index contributed by atoms with van der Waals surface area (Å²) in [5.41, 5.74) is 0.618. The first kappa shape index (κ1) is 14.9. The van der Waals surface area contributed by atoms with Gasteiger partial charge in [0.25, 0.3) is 0 Å². The second kappa shape index (κ2) is 7.31. The maximum absolute atomic E-state index is 8.99. The highest BCUT2D eigenvalue weighted by Gasteiger charge is 2.21. The Kier molecular flexibility index (Phi) is 5.43. The van der Waals surface area contributed by atoms with Crippen molar-refractivity contribution in [3.05, 3.63) is 29.8 Å². The molecule has 20 heavy (non-hydrogen) atoms. The quantitative estimate of drug-likeness (QED) is 0.772.